The standard InChI is InChI=1S/C27H26N4O6S2/c1-2-37-24-14-12-23(13-15-24)31(39(35,36)26-8-4-3-5-9-26)20-27(32)29-21-10-16-25(17-11-21)38(33,34)30-22-7-6-18-28-19-22/h3-19,30H,2,20H2,1H3,(H,29,32). The molecule has 0 radical (unpaired) electrons. The average Bonchev–Trinajstić information content (AvgIpc) is 2.93. The van der Waals surface area contributed by atoms with Gasteiger partial charge < -0.3 is 10.1 Å². The van der Waals surface area contributed by atoms with E-state index in [1.54, 1.807) is 54.6 Å². The number of carbonyl (C=O) groups excluding carboxylic acids is 1. The molecule has 2 N–H and O–H groups in total. The lowest BCUT2D eigenvalue weighted by Crippen LogP contribution is -2.38. The van der Waals surface area contributed by atoms with E-state index in [0.29, 0.717) is 23.7 Å². The summed E-state index contributed by atoms with van der Waals surface area (Å²) in [5.74, 6) is -0.0525. The molecule has 4 aromatic rings. The Morgan fingerprint density at radius 2 is 1.51 bits per heavy atom. The van der Waals surface area contributed by atoms with E-state index < -0.39 is 32.5 Å². The number of sulfonamides is 2. The first-order valence-corrected chi connectivity index (χ1v) is 14.7. The molecular formula is C27H26N4O6S2. The highest BCUT2D eigenvalue weighted by Gasteiger charge is 2.27. The molecule has 39 heavy (non-hydrogen) atoms. The highest BCUT2D eigenvalue weighted by Crippen LogP contribution is 2.26. The van der Waals surface area contributed by atoms with E-state index in [0.717, 1.165) is 4.31 Å². The molecule has 0 aliphatic rings. The Hall–Kier alpha value is -4.42. The molecule has 0 fully saturated rings. The Balaban J connectivity index is 1.53. The molecule has 3 aromatic carbocycles. The van der Waals surface area contributed by atoms with Crippen LogP contribution >= 0.6 is 0 Å². The monoisotopic (exact) mass is 566 g/mol. The van der Waals surface area contributed by atoms with Crippen molar-refractivity contribution >= 4 is 43.0 Å². The minimum absolute atomic E-state index is 0.0213. The van der Waals surface area contributed by atoms with Crippen LogP contribution in [0.1, 0.15) is 6.92 Å². The van der Waals surface area contributed by atoms with Crippen molar-refractivity contribution in [3.63, 3.8) is 0 Å². The quantitative estimate of drug-likeness (QED) is 0.279. The molecule has 202 valence electrons. The molecular weight excluding hydrogens is 540 g/mol. The smallest absolute Gasteiger partial charge is 0.264 e. The summed E-state index contributed by atoms with van der Waals surface area (Å²) in [6, 6.07) is 22.9. The Morgan fingerprint density at radius 1 is 0.821 bits per heavy atom. The predicted octanol–water partition coefficient (Wildman–Crippen LogP) is 4.12. The van der Waals surface area contributed by atoms with E-state index in [4.69, 9.17) is 4.74 Å². The van der Waals surface area contributed by atoms with Crippen LogP contribution in [0.5, 0.6) is 5.75 Å². The van der Waals surface area contributed by atoms with Gasteiger partial charge in [-0.2, -0.15) is 0 Å². The van der Waals surface area contributed by atoms with Crippen LogP contribution in [0.3, 0.4) is 0 Å². The average molecular weight is 567 g/mol. The molecule has 1 amide bonds. The van der Waals surface area contributed by atoms with Gasteiger partial charge in [-0.15, -0.1) is 0 Å². The molecule has 0 bridgehead atoms. The molecule has 0 unspecified atom stereocenters. The van der Waals surface area contributed by atoms with E-state index in [9.17, 15) is 21.6 Å². The summed E-state index contributed by atoms with van der Waals surface area (Å²) in [7, 11) is -7.96. The van der Waals surface area contributed by atoms with Gasteiger partial charge in [0, 0.05) is 11.9 Å². The molecule has 1 aromatic heterocycles. The fourth-order valence-electron chi connectivity index (χ4n) is 3.60. The van der Waals surface area contributed by atoms with Crippen LogP contribution in [0, 0.1) is 0 Å². The zero-order chi connectivity index (χ0) is 27.9. The summed E-state index contributed by atoms with van der Waals surface area (Å²) in [4.78, 5) is 16.9. The number of hydrogen-bond acceptors (Lipinski definition) is 7. The normalized spacial score (nSPS) is 11.4. The summed E-state index contributed by atoms with van der Waals surface area (Å²) in [6.07, 6.45) is 2.91. The first-order valence-electron chi connectivity index (χ1n) is 11.8. The lowest BCUT2D eigenvalue weighted by atomic mass is 10.3. The topological polar surface area (TPSA) is 135 Å². The molecule has 0 aliphatic heterocycles. The third kappa shape index (κ3) is 6.92. The molecule has 0 atom stereocenters. The number of ether oxygens (including phenoxy) is 1. The van der Waals surface area contributed by atoms with Crippen LogP contribution in [0.15, 0.2) is 113 Å². The molecule has 0 spiro atoms. The molecule has 4 rings (SSSR count). The van der Waals surface area contributed by atoms with Crippen LogP contribution in [0.25, 0.3) is 0 Å². The third-order valence-electron chi connectivity index (χ3n) is 5.42. The largest absolute Gasteiger partial charge is 0.494 e. The minimum atomic E-state index is -4.08. The van der Waals surface area contributed by atoms with Gasteiger partial charge in [0.05, 0.1) is 34.0 Å². The summed E-state index contributed by atoms with van der Waals surface area (Å²) in [6.45, 7) is 1.77. The second-order valence-electron chi connectivity index (χ2n) is 8.17. The second-order valence-corrected chi connectivity index (χ2v) is 11.7. The molecule has 10 nitrogen and oxygen atoms in total. The van der Waals surface area contributed by atoms with Crippen molar-refractivity contribution < 1.29 is 26.4 Å². The van der Waals surface area contributed by atoms with Crippen molar-refractivity contribution in [2.24, 2.45) is 0 Å². The third-order valence-corrected chi connectivity index (χ3v) is 8.60. The number of aromatic nitrogens is 1. The van der Waals surface area contributed by atoms with Crippen LogP contribution in [0.2, 0.25) is 0 Å². The predicted molar refractivity (Wildman–Crippen MR) is 149 cm³/mol. The van der Waals surface area contributed by atoms with E-state index in [-0.39, 0.29) is 15.5 Å². The highest BCUT2D eigenvalue weighted by atomic mass is 32.2. The van der Waals surface area contributed by atoms with E-state index in [2.05, 4.69) is 15.0 Å². The SMILES string of the molecule is CCOc1ccc(N(CC(=O)Nc2ccc(S(=O)(=O)Nc3cccnc3)cc2)S(=O)(=O)c2ccccc2)cc1. The van der Waals surface area contributed by atoms with E-state index in [1.807, 2.05) is 6.92 Å². The molecule has 0 aliphatic carbocycles. The maximum atomic E-state index is 13.5. The Bertz CT molecular complexity index is 1610. The van der Waals surface area contributed by atoms with Crippen molar-refractivity contribution in [3.8, 4) is 5.75 Å². The Labute approximate surface area is 227 Å². The van der Waals surface area contributed by atoms with Crippen LogP contribution in [-0.2, 0) is 24.8 Å². The summed E-state index contributed by atoms with van der Waals surface area (Å²) in [5.41, 5.74) is 0.883. The van der Waals surface area contributed by atoms with Gasteiger partial charge in [0.2, 0.25) is 5.91 Å². The Morgan fingerprint density at radius 3 is 2.13 bits per heavy atom. The van der Waals surface area contributed by atoms with Crippen molar-refractivity contribution in [2.75, 3.05) is 27.5 Å². The lowest BCUT2D eigenvalue weighted by molar-refractivity contribution is -0.114. The fraction of sp³-hybridized carbons (Fsp3) is 0.111. The maximum absolute atomic E-state index is 13.5. The van der Waals surface area contributed by atoms with Gasteiger partial charge in [-0.1, -0.05) is 18.2 Å². The van der Waals surface area contributed by atoms with Gasteiger partial charge in [0.1, 0.15) is 12.3 Å². The number of amides is 1. The number of pyridine rings is 1. The molecule has 12 heteroatoms. The maximum Gasteiger partial charge on any atom is 0.264 e. The van der Waals surface area contributed by atoms with E-state index in [1.165, 1.54) is 48.8 Å². The van der Waals surface area contributed by atoms with E-state index >= 15 is 0 Å². The van der Waals surface area contributed by atoms with Gasteiger partial charge in [-0.05, 0) is 79.7 Å². The highest BCUT2D eigenvalue weighted by molar-refractivity contribution is 7.93. The van der Waals surface area contributed by atoms with Crippen LogP contribution in [0.4, 0.5) is 17.1 Å². The van der Waals surface area contributed by atoms with Gasteiger partial charge >= 0.3 is 0 Å². The van der Waals surface area contributed by atoms with Crippen molar-refractivity contribution in [2.45, 2.75) is 16.7 Å². The second kappa shape index (κ2) is 12.0. The van der Waals surface area contributed by atoms with Crippen molar-refractivity contribution in [1.29, 1.82) is 0 Å². The first-order chi connectivity index (χ1) is 18.7. The van der Waals surface area contributed by atoms with Gasteiger partial charge in [0.15, 0.2) is 0 Å². The zero-order valence-electron chi connectivity index (χ0n) is 20.9. The number of anilines is 3. The molecule has 0 saturated heterocycles. The minimum Gasteiger partial charge on any atom is -0.494 e. The Kier molecular flexibility index (Phi) is 8.47. The fourth-order valence-corrected chi connectivity index (χ4v) is 6.08. The van der Waals surface area contributed by atoms with Gasteiger partial charge in [-0.3, -0.25) is 18.8 Å². The van der Waals surface area contributed by atoms with Crippen LogP contribution in [-0.4, -0.2) is 40.9 Å². The number of nitrogens with one attached hydrogen (secondary N) is 2. The van der Waals surface area contributed by atoms with Gasteiger partial charge in [0.25, 0.3) is 20.0 Å². The summed E-state index contributed by atoms with van der Waals surface area (Å²) in [5, 5.41) is 2.63. The number of rotatable bonds is 11. The van der Waals surface area contributed by atoms with Crippen molar-refractivity contribution in [1.82, 2.24) is 4.98 Å². The first kappa shape index (κ1) is 27.6. The molecule has 0 saturated carbocycles. The summed E-state index contributed by atoms with van der Waals surface area (Å²) < 4.78 is 61.1. The number of benzene rings is 3. The van der Waals surface area contributed by atoms with Crippen molar-refractivity contribution in [3.05, 3.63) is 103 Å². The lowest BCUT2D eigenvalue weighted by Gasteiger charge is -2.24. The zero-order valence-corrected chi connectivity index (χ0v) is 22.5. The van der Waals surface area contributed by atoms with Gasteiger partial charge in [-0.25, -0.2) is 16.8 Å². The number of nitrogens with zero attached hydrogens (tertiary/aromatic N) is 2. The number of hydrogen-bond donors (Lipinski definition) is 2. The number of carbonyl (C=O) groups is 1. The molecule has 1 heterocycles. The van der Waals surface area contributed by atoms with Crippen LogP contribution < -0.4 is 19.1 Å². The summed E-state index contributed by atoms with van der Waals surface area (Å²) >= 11 is 0.